The molecule has 0 bridgehead atoms. The molecule has 2 aromatic carbocycles. The highest BCUT2D eigenvalue weighted by Gasteiger charge is 2.31. The first-order chi connectivity index (χ1) is 16.8. The Morgan fingerprint density at radius 1 is 0.971 bits per heavy atom. The number of alkyl halides is 3. The van der Waals surface area contributed by atoms with E-state index in [0.29, 0.717) is 42.1 Å². The first-order valence-electron chi connectivity index (χ1n) is 11.0. The Morgan fingerprint density at radius 3 is 2.43 bits per heavy atom. The molecule has 0 aliphatic carbocycles. The summed E-state index contributed by atoms with van der Waals surface area (Å²) in [6.45, 7) is 1.39. The molecule has 180 valence electrons. The van der Waals surface area contributed by atoms with E-state index in [4.69, 9.17) is 0 Å². The fraction of sp³-hybridized carbons (Fsp3) is 0.240. The number of nitrogens with zero attached hydrogens (tertiary/aromatic N) is 4. The van der Waals surface area contributed by atoms with Gasteiger partial charge >= 0.3 is 6.18 Å². The molecule has 4 aromatic rings. The molecule has 10 heteroatoms. The van der Waals surface area contributed by atoms with Crippen LogP contribution in [0, 0.1) is 0 Å². The average Bonchev–Trinajstić information content (AvgIpc) is 3.31. The van der Waals surface area contributed by atoms with Crippen LogP contribution in [0.15, 0.2) is 71.8 Å². The van der Waals surface area contributed by atoms with Crippen LogP contribution in [-0.4, -0.2) is 46.5 Å². The third kappa shape index (κ3) is 4.79. The quantitative estimate of drug-likeness (QED) is 0.416. The van der Waals surface area contributed by atoms with Crippen LogP contribution in [-0.2, 0) is 17.5 Å². The molecular formula is C25H21F3N4O2S. The van der Waals surface area contributed by atoms with Crippen molar-refractivity contribution in [3.05, 3.63) is 82.9 Å². The number of halogens is 3. The summed E-state index contributed by atoms with van der Waals surface area (Å²) in [6.07, 6.45) is -3.01. The molecule has 3 heterocycles. The Morgan fingerprint density at radius 2 is 1.71 bits per heavy atom. The number of piperazine rings is 1. The van der Waals surface area contributed by atoms with Crippen molar-refractivity contribution in [2.75, 3.05) is 31.1 Å². The second-order valence-corrected chi connectivity index (χ2v) is 9.32. The summed E-state index contributed by atoms with van der Waals surface area (Å²) in [5, 5.41) is 0.471. The van der Waals surface area contributed by atoms with Gasteiger partial charge in [-0.25, -0.2) is 4.98 Å². The Bertz CT molecular complexity index is 1420. The van der Waals surface area contributed by atoms with Gasteiger partial charge in [0.15, 0.2) is 0 Å². The van der Waals surface area contributed by atoms with Crippen LogP contribution in [0.4, 0.5) is 18.9 Å². The lowest BCUT2D eigenvalue weighted by atomic mass is 10.1. The zero-order valence-corrected chi connectivity index (χ0v) is 19.4. The maximum atomic E-state index is 13.0. The number of benzene rings is 2. The molecule has 5 rings (SSSR count). The topological polar surface area (TPSA) is 58.4 Å². The van der Waals surface area contributed by atoms with Crippen LogP contribution in [0.25, 0.3) is 20.7 Å². The maximum Gasteiger partial charge on any atom is 0.416 e. The molecule has 1 amide bonds. The van der Waals surface area contributed by atoms with Gasteiger partial charge in [-0.05, 0) is 29.8 Å². The Balaban J connectivity index is 1.26. The Labute approximate surface area is 202 Å². The molecule has 1 aliphatic rings. The van der Waals surface area contributed by atoms with Crippen molar-refractivity contribution in [3.8, 4) is 10.4 Å². The molecule has 2 aromatic heterocycles. The third-order valence-corrected chi connectivity index (χ3v) is 7.15. The number of carbonyl (C=O) groups is 1. The van der Waals surface area contributed by atoms with Crippen molar-refractivity contribution < 1.29 is 18.0 Å². The van der Waals surface area contributed by atoms with E-state index in [9.17, 15) is 22.8 Å². The van der Waals surface area contributed by atoms with Gasteiger partial charge in [-0.15, -0.1) is 11.3 Å². The lowest BCUT2D eigenvalue weighted by Gasteiger charge is -2.36. The van der Waals surface area contributed by atoms with Gasteiger partial charge < -0.3 is 9.80 Å². The summed E-state index contributed by atoms with van der Waals surface area (Å²) in [4.78, 5) is 35.3. The first-order valence-corrected chi connectivity index (χ1v) is 11.9. The number of rotatable bonds is 4. The lowest BCUT2D eigenvalue weighted by Crippen LogP contribution is -2.50. The Hall–Kier alpha value is -3.66. The zero-order chi connectivity index (χ0) is 24.6. The minimum absolute atomic E-state index is 0.137. The van der Waals surface area contributed by atoms with Crippen molar-refractivity contribution in [2.45, 2.75) is 12.7 Å². The maximum absolute atomic E-state index is 13.0. The molecule has 0 atom stereocenters. The van der Waals surface area contributed by atoms with Gasteiger partial charge in [-0.1, -0.05) is 36.4 Å². The summed E-state index contributed by atoms with van der Waals surface area (Å²) >= 11 is 1.43. The predicted octanol–water partition coefficient (Wildman–Crippen LogP) is 4.49. The van der Waals surface area contributed by atoms with Crippen molar-refractivity contribution in [2.24, 2.45) is 0 Å². The van der Waals surface area contributed by atoms with E-state index in [1.54, 1.807) is 17.0 Å². The standard InChI is InChI=1S/C25H21F3N4O2S/c26-25(27,28)18-7-4-8-19(13-18)30-9-11-31(12-10-30)22(33)15-32-16-29-23-20(24(32)34)14-21(35-23)17-5-2-1-3-6-17/h1-8,13-14,16H,9-12,15H2. The molecule has 0 N–H and O–H groups in total. The summed E-state index contributed by atoms with van der Waals surface area (Å²) in [5.41, 5.74) is 0.504. The SMILES string of the molecule is O=C(Cn1cnc2sc(-c3ccccc3)cc2c1=O)N1CCN(c2cccc(C(F)(F)F)c2)CC1. The van der Waals surface area contributed by atoms with Gasteiger partial charge in [-0.3, -0.25) is 14.2 Å². The zero-order valence-electron chi connectivity index (χ0n) is 18.5. The van der Waals surface area contributed by atoms with Crippen LogP contribution in [0.1, 0.15) is 5.56 Å². The number of amides is 1. The highest BCUT2D eigenvalue weighted by atomic mass is 32.1. The van der Waals surface area contributed by atoms with Crippen molar-refractivity contribution in [1.29, 1.82) is 0 Å². The first kappa shape index (κ1) is 23.1. The molecule has 1 saturated heterocycles. The van der Waals surface area contributed by atoms with E-state index in [1.807, 2.05) is 35.2 Å². The average molecular weight is 499 g/mol. The predicted molar refractivity (Wildman–Crippen MR) is 130 cm³/mol. The largest absolute Gasteiger partial charge is 0.416 e. The van der Waals surface area contributed by atoms with E-state index < -0.39 is 11.7 Å². The van der Waals surface area contributed by atoms with Crippen LogP contribution < -0.4 is 10.5 Å². The molecule has 6 nitrogen and oxygen atoms in total. The number of hydrogen-bond acceptors (Lipinski definition) is 5. The highest BCUT2D eigenvalue weighted by molar-refractivity contribution is 7.21. The molecule has 0 unspecified atom stereocenters. The van der Waals surface area contributed by atoms with Gasteiger partial charge in [0.25, 0.3) is 5.56 Å². The van der Waals surface area contributed by atoms with Gasteiger partial charge in [-0.2, -0.15) is 13.2 Å². The highest BCUT2D eigenvalue weighted by Crippen LogP contribution is 2.32. The second-order valence-electron chi connectivity index (χ2n) is 8.29. The van der Waals surface area contributed by atoms with Crippen molar-refractivity contribution in [3.63, 3.8) is 0 Å². The number of carbonyl (C=O) groups excluding carboxylic acids is 1. The number of hydrogen-bond donors (Lipinski definition) is 0. The second kappa shape index (κ2) is 9.18. The Kier molecular flexibility index (Phi) is 6.06. The number of thiophene rings is 1. The van der Waals surface area contributed by atoms with E-state index in [1.165, 1.54) is 28.3 Å². The summed E-state index contributed by atoms with van der Waals surface area (Å²) in [5.74, 6) is -0.226. The fourth-order valence-corrected chi connectivity index (χ4v) is 5.15. The normalized spacial score (nSPS) is 14.5. The van der Waals surface area contributed by atoms with Gasteiger partial charge in [0.2, 0.25) is 5.91 Å². The van der Waals surface area contributed by atoms with Crippen LogP contribution in [0.3, 0.4) is 0 Å². The fourth-order valence-electron chi connectivity index (χ4n) is 4.16. The van der Waals surface area contributed by atoms with Gasteiger partial charge in [0, 0.05) is 36.7 Å². The molecule has 0 saturated carbocycles. The molecule has 35 heavy (non-hydrogen) atoms. The third-order valence-electron chi connectivity index (χ3n) is 6.05. The smallest absolute Gasteiger partial charge is 0.368 e. The van der Waals surface area contributed by atoms with Crippen LogP contribution in [0.2, 0.25) is 0 Å². The minimum Gasteiger partial charge on any atom is -0.368 e. The van der Waals surface area contributed by atoms with Crippen LogP contribution >= 0.6 is 11.3 Å². The van der Waals surface area contributed by atoms with Crippen LogP contribution in [0.5, 0.6) is 0 Å². The van der Waals surface area contributed by atoms with Crippen molar-refractivity contribution in [1.82, 2.24) is 14.5 Å². The molecule has 1 aliphatic heterocycles. The van der Waals surface area contributed by atoms with Gasteiger partial charge in [0.05, 0.1) is 17.3 Å². The summed E-state index contributed by atoms with van der Waals surface area (Å²) < 4.78 is 40.4. The summed E-state index contributed by atoms with van der Waals surface area (Å²) in [6, 6.07) is 16.7. The van der Waals surface area contributed by atoms with E-state index >= 15 is 0 Å². The van der Waals surface area contributed by atoms with E-state index in [2.05, 4.69) is 4.98 Å². The number of aromatic nitrogens is 2. The summed E-state index contributed by atoms with van der Waals surface area (Å²) in [7, 11) is 0. The lowest BCUT2D eigenvalue weighted by molar-refractivity contribution is -0.137. The van der Waals surface area contributed by atoms with E-state index in [0.717, 1.165) is 22.6 Å². The van der Waals surface area contributed by atoms with Gasteiger partial charge in [0.1, 0.15) is 11.4 Å². The minimum atomic E-state index is -4.40. The molecule has 0 radical (unpaired) electrons. The van der Waals surface area contributed by atoms with E-state index in [-0.39, 0.29) is 18.0 Å². The van der Waals surface area contributed by atoms with Crippen molar-refractivity contribution >= 4 is 33.1 Å². The molecule has 0 spiro atoms. The number of anilines is 1. The molecule has 1 fully saturated rings. The number of fused-ring (bicyclic) bond motifs is 1. The monoisotopic (exact) mass is 498 g/mol. The molecular weight excluding hydrogens is 477 g/mol.